The molecule has 1 saturated heterocycles. The highest BCUT2D eigenvalue weighted by molar-refractivity contribution is 5.88. The van der Waals surface area contributed by atoms with Crippen molar-refractivity contribution in [2.24, 2.45) is 11.7 Å². The molecule has 0 atom stereocenters. The van der Waals surface area contributed by atoms with Crippen molar-refractivity contribution in [3.05, 3.63) is 35.4 Å². The molecular formula is C18H29Cl2N3O. The topological polar surface area (TPSA) is 58.4 Å². The second-order valence-corrected chi connectivity index (χ2v) is 7.12. The van der Waals surface area contributed by atoms with Crippen molar-refractivity contribution in [1.29, 1.82) is 0 Å². The lowest BCUT2D eigenvalue weighted by Gasteiger charge is -2.30. The average Bonchev–Trinajstić information content (AvgIpc) is 3.27. The molecule has 1 aromatic rings. The maximum absolute atomic E-state index is 11.9. The Hall–Kier alpha value is -0.810. The van der Waals surface area contributed by atoms with Gasteiger partial charge in [-0.3, -0.25) is 9.69 Å². The molecule has 1 heterocycles. The summed E-state index contributed by atoms with van der Waals surface area (Å²) in [4.78, 5) is 14.4. The van der Waals surface area contributed by atoms with E-state index < -0.39 is 5.54 Å². The highest BCUT2D eigenvalue weighted by atomic mass is 35.5. The van der Waals surface area contributed by atoms with Gasteiger partial charge in [-0.2, -0.15) is 0 Å². The highest BCUT2D eigenvalue weighted by Crippen LogP contribution is 2.32. The van der Waals surface area contributed by atoms with E-state index in [-0.39, 0.29) is 30.7 Å². The normalized spacial score (nSPS) is 19.8. The van der Waals surface area contributed by atoms with Gasteiger partial charge < -0.3 is 11.1 Å². The quantitative estimate of drug-likeness (QED) is 0.833. The largest absolute Gasteiger partial charge is 0.350 e. The van der Waals surface area contributed by atoms with Crippen LogP contribution in [0.25, 0.3) is 0 Å². The van der Waals surface area contributed by atoms with Gasteiger partial charge in [0.15, 0.2) is 0 Å². The van der Waals surface area contributed by atoms with Crippen molar-refractivity contribution in [3.8, 4) is 0 Å². The number of amides is 1. The smallest absolute Gasteiger partial charge is 0.240 e. The van der Waals surface area contributed by atoms with Crippen LogP contribution in [0.4, 0.5) is 0 Å². The van der Waals surface area contributed by atoms with Crippen molar-refractivity contribution < 1.29 is 4.79 Å². The van der Waals surface area contributed by atoms with Crippen LogP contribution in [-0.4, -0.2) is 29.4 Å². The molecule has 1 aliphatic heterocycles. The van der Waals surface area contributed by atoms with E-state index in [2.05, 4.69) is 41.4 Å². The zero-order valence-corrected chi connectivity index (χ0v) is 15.9. The Morgan fingerprint density at radius 2 is 1.88 bits per heavy atom. The molecule has 0 aromatic heterocycles. The maximum Gasteiger partial charge on any atom is 0.240 e. The van der Waals surface area contributed by atoms with E-state index in [0.717, 1.165) is 30.9 Å². The summed E-state index contributed by atoms with van der Waals surface area (Å²) < 4.78 is 0. The third-order valence-electron chi connectivity index (χ3n) is 4.97. The number of likely N-dealkylation sites (tertiary alicyclic amines) is 1. The van der Waals surface area contributed by atoms with Crippen LogP contribution in [0.15, 0.2) is 24.3 Å². The van der Waals surface area contributed by atoms with Crippen molar-refractivity contribution in [1.82, 2.24) is 10.2 Å². The van der Waals surface area contributed by atoms with E-state index in [1.165, 1.54) is 31.5 Å². The fraction of sp³-hybridized carbons (Fsp3) is 0.611. The van der Waals surface area contributed by atoms with Gasteiger partial charge in [0, 0.05) is 13.1 Å². The van der Waals surface area contributed by atoms with Gasteiger partial charge in [-0.15, -0.1) is 24.8 Å². The maximum atomic E-state index is 11.9. The molecule has 1 saturated carbocycles. The fourth-order valence-electron chi connectivity index (χ4n) is 3.04. The van der Waals surface area contributed by atoms with Crippen LogP contribution in [0.1, 0.15) is 43.7 Å². The summed E-state index contributed by atoms with van der Waals surface area (Å²) in [7, 11) is 0. The lowest BCUT2D eigenvalue weighted by atomic mass is 9.98. The van der Waals surface area contributed by atoms with Gasteiger partial charge in [0.05, 0.1) is 5.54 Å². The summed E-state index contributed by atoms with van der Waals surface area (Å²) in [6.07, 6.45) is 4.22. The van der Waals surface area contributed by atoms with E-state index in [0.29, 0.717) is 6.54 Å². The molecule has 24 heavy (non-hydrogen) atoms. The number of carbonyl (C=O) groups is 1. The van der Waals surface area contributed by atoms with Gasteiger partial charge in [0.1, 0.15) is 0 Å². The second kappa shape index (κ2) is 9.04. The zero-order chi connectivity index (χ0) is 15.6. The lowest BCUT2D eigenvalue weighted by molar-refractivity contribution is -0.123. The Balaban J connectivity index is 0.00000144. The minimum atomic E-state index is -0.581. The van der Waals surface area contributed by atoms with Crippen LogP contribution in [0.5, 0.6) is 0 Å². The fourth-order valence-corrected chi connectivity index (χ4v) is 3.04. The highest BCUT2D eigenvalue weighted by Gasteiger charge is 2.45. The number of hydrogen-bond donors (Lipinski definition) is 2. The molecule has 1 aromatic carbocycles. The van der Waals surface area contributed by atoms with E-state index in [1.807, 2.05) is 0 Å². The molecule has 0 unspecified atom stereocenters. The average molecular weight is 374 g/mol. The summed E-state index contributed by atoms with van der Waals surface area (Å²) in [5.74, 6) is 0.853. The first-order chi connectivity index (χ1) is 10.5. The summed E-state index contributed by atoms with van der Waals surface area (Å²) in [5.41, 5.74) is 7.80. The summed E-state index contributed by atoms with van der Waals surface area (Å²) >= 11 is 0. The van der Waals surface area contributed by atoms with Crippen LogP contribution in [0.3, 0.4) is 0 Å². The number of benzene rings is 1. The SMILES string of the molecule is CC1CCN(Cc2cccc(CNC(=O)C3(N)CC3)c2)CC1.Cl.Cl. The molecule has 6 heteroatoms. The molecular weight excluding hydrogens is 345 g/mol. The lowest BCUT2D eigenvalue weighted by Crippen LogP contribution is -2.42. The minimum absolute atomic E-state index is 0. The third-order valence-corrected chi connectivity index (χ3v) is 4.97. The predicted molar refractivity (Wildman–Crippen MR) is 103 cm³/mol. The summed E-state index contributed by atoms with van der Waals surface area (Å²) in [5, 5.41) is 2.96. The van der Waals surface area contributed by atoms with E-state index >= 15 is 0 Å². The molecule has 4 nitrogen and oxygen atoms in total. The summed E-state index contributed by atoms with van der Waals surface area (Å²) in [6, 6.07) is 8.53. The summed E-state index contributed by atoms with van der Waals surface area (Å²) in [6.45, 7) is 6.30. The molecule has 2 aliphatic rings. The van der Waals surface area contributed by atoms with Crippen molar-refractivity contribution in [2.45, 2.75) is 51.2 Å². The van der Waals surface area contributed by atoms with Crippen LogP contribution in [0.2, 0.25) is 0 Å². The molecule has 2 fully saturated rings. The number of halogens is 2. The number of nitrogens with zero attached hydrogens (tertiary/aromatic N) is 1. The minimum Gasteiger partial charge on any atom is -0.350 e. The molecule has 0 radical (unpaired) electrons. The Morgan fingerprint density at radius 1 is 1.25 bits per heavy atom. The first-order valence-corrected chi connectivity index (χ1v) is 8.42. The Labute approximate surface area is 157 Å². The van der Waals surface area contributed by atoms with Gasteiger partial charge in [-0.05, 0) is 55.8 Å². The Bertz CT molecular complexity index is 541. The van der Waals surface area contributed by atoms with Crippen molar-refractivity contribution >= 4 is 30.7 Å². The number of carbonyl (C=O) groups excluding carboxylic acids is 1. The molecule has 3 N–H and O–H groups in total. The molecule has 0 bridgehead atoms. The number of nitrogens with two attached hydrogens (primary N) is 1. The Kier molecular flexibility index (Phi) is 8.00. The molecule has 3 rings (SSSR count). The van der Waals surface area contributed by atoms with E-state index in [4.69, 9.17) is 5.73 Å². The molecule has 1 amide bonds. The number of hydrogen-bond acceptors (Lipinski definition) is 3. The second-order valence-electron chi connectivity index (χ2n) is 7.12. The number of rotatable bonds is 5. The van der Waals surface area contributed by atoms with Crippen molar-refractivity contribution in [3.63, 3.8) is 0 Å². The number of piperidine rings is 1. The molecule has 136 valence electrons. The number of nitrogens with one attached hydrogen (secondary N) is 1. The third kappa shape index (κ3) is 5.62. The van der Waals surface area contributed by atoms with Gasteiger partial charge in [-0.1, -0.05) is 31.2 Å². The van der Waals surface area contributed by atoms with Gasteiger partial charge in [-0.25, -0.2) is 0 Å². The van der Waals surface area contributed by atoms with Gasteiger partial charge >= 0.3 is 0 Å². The molecule has 1 aliphatic carbocycles. The van der Waals surface area contributed by atoms with Crippen LogP contribution in [0, 0.1) is 5.92 Å². The predicted octanol–water partition coefficient (Wildman–Crippen LogP) is 2.87. The monoisotopic (exact) mass is 373 g/mol. The van der Waals surface area contributed by atoms with Crippen LogP contribution >= 0.6 is 24.8 Å². The van der Waals surface area contributed by atoms with Crippen molar-refractivity contribution in [2.75, 3.05) is 13.1 Å². The van der Waals surface area contributed by atoms with Crippen LogP contribution < -0.4 is 11.1 Å². The van der Waals surface area contributed by atoms with Gasteiger partial charge in [0.25, 0.3) is 0 Å². The van der Waals surface area contributed by atoms with E-state index in [9.17, 15) is 4.79 Å². The van der Waals surface area contributed by atoms with E-state index in [1.54, 1.807) is 0 Å². The van der Waals surface area contributed by atoms with Crippen LogP contribution in [-0.2, 0) is 17.9 Å². The Morgan fingerprint density at radius 3 is 2.50 bits per heavy atom. The van der Waals surface area contributed by atoms with Gasteiger partial charge in [0.2, 0.25) is 5.91 Å². The first kappa shape index (κ1) is 21.2. The first-order valence-electron chi connectivity index (χ1n) is 8.42. The zero-order valence-electron chi connectivity index (χ0n) is 14.3. The molecule has 0 spiro atoms. The standard InChI is InChI=1S/C18H27N3O.2ClH/c1-14-5-9-21(10-6-14)13-16-4-2-3-15(11-16)12-20-17(22)18(19)7-8-18;;/h2-4,11,14H,5-10,12-13,19H2,1H3,(H,20,22);2*1H.